The van der Waals surface area contributed by atoms with E-state index in [1.165, 1.54) is 7.11 Å². The minimum atomic E-state index is -3.66. The monoisotopic (exact) mass is 361 g/mol. The lowest BCUT2D eigenvalue weighted by Gasteiger charge is -2.08. The molecule has 0 bridgehead atoms. The Balaban J connectivity index is 2.10. The quantitative estimate of drug-likeness (QED) is 0.818. The van der Waals surface area contributed by atoms with E-state index in [4.69, 9.17) is 16.3 Å². The van der Waals surface area contributed by atoms with E-state index in [9.17, 15) is 13.7 Å². The maximum absolute atomic E-state index is 13.1. The third-order valence-corrected chi connectivity index (χ3v) is 6.99. The fourth-order valence-electron chi connectivity index (χ4n) is 3.37. The molecule has 1 aliphatic carbocycles. The van der Waals surface area contributed by atoms with E-state index in [0.29, 0.717) is 5.02 Å². The number of sulfone groups is 1. The Kier molecular flexibility index (Phi) is 4.39. The zero-order valence-electron chi connectivity index (χ0n) is 13.0. The Labute approximate surface area is 146 Å². The second-order valence-corrected chi connectivity index (χ2v) is 8.40. The molecule has 0 aliphatic heterocycles. The topological polar surface area (TPSA) is 67.2 Å². The van der Waals surface area contributed by atoms with Crippen molar-refractivity contribution >= 4 is 21.4 Å². The maximum atomic E-state index is 13.1. The molecule has 1 aliphatic rings. The smallest absolute Gasteiger partial charge is 0.183 e. The van der Waals surface area contributed by atoms with Crippen molar-refractivity contribution in [3.63, 3.8) is 0 Å². The number of methoxy groups -OCH3 is 1. The summed E-state index contributed by atoms with van der Waals surface area (Å²) in [6.45, 7) is 0.0530. The van der Waals surface area contributed by atoms with Gasteiger partial charge in [0.25, 0.3) is 0 Å². The van der Waals surface area contributed by atoms with E-state index in [0.717, 1.165) is 5.56 Å². The van der Waals surface area contributed by atoms with E-state index in [1.54, 1.807) is 54.6 Å². The van der Waals surface area contributed by atoms with Gasteiger partial charge in [-0.1, -0.05) is 41.9 Å². The van der Waals surface area contributed by atoms with Crippen LogP contribution in [0.15, 0.2) is 59.5 Å². The molecule has 4 nitrogen and oxygen atoms in total. The zero-order valence-corrected chi connectivity index (χ0v) is 14.6. The molecule has 1 fully saturated rings. The van der Waals surface area contributed by atoms with Crippen LogP contribution in [0.2, 0.25) is 5.02 Å². The Hall–Kier alpha value is -1.87. The third kappa shape index (κ3) is 2.61. The van der Waals surface area contributed by atoms with E-state index >= 15 is 0 Å². The number of nitrogens with zero attached hydrogens (tertiary/aromatic N) is 1. The first-order chi connectivity index (χ1) is 11.5. The van der Waals surface area contributed by atoms with E-state index in [2.05, 4.69) is 6.07 Å². The minimum Gasteiger partial charge on any atom is -0.383 e. The van der Waals surface area contributed by atoms with Crippen molar-refractivity contribution in [3.05, 3.63) is 65.2 Å². The SMILES string of the molecule is COC[C@@]1(C#N)[C@H](c2cccc(Cl)c2)[C@@H]1S(=O)(=O)c1ccccc1. The van der Waals surface area contributed by atoms with Gasteiger partial charge in [0.05, 0.1) is 22.8 Å². The van der Waals surface area contributed by atoms with Gasteiger partial charge in [0.2, 0.25) is 0 Å². The summed E-state index contributed by atoms with van der Waals surface area (Å²) in [7, 11) is -2.19. The van der Waals surface area contributed by atoms with Crippen LogP contribution in [-0.4, -0.2) is 27.4 Å². The van der Waals surface area contributed by atoms with E-state index in [-0.39, 0.29) is 11.5 Å². The molecule has 2 aromatic rings. The Morgan fingerprint density at radius 2 is 1.92 bits per heavy atom. The first-order valence-electron chi connectivity index (χ1n) is 7.42. The Bertz CT molecular complexity index is 892. The summed E-state index contributed by atoms with van der Waals surface area (Å²) in [5.41, 5.74) is -0.362. The van der Waals surface area contributed by atoms with Crippen LogP contribution in [0.1, 0.15) is 11.5 Å². The Morgan fingerprint density at radius 3 is 2.50 bits per heavy atom. The molecule has 0 radical (unpaired) electrons. The molecule has 1 saturated carbocycles. The molecule has 0 unspecified atom stereocenters. The lowest BCUT2D eigenvalue weighted by Crippen LogP contribution is -2.19. The lowest BCUT2D eigenvalue weighted by molar-refractivity contribution is 0.162. The second kappa shape index (κ2) is 6.21. The highest BCUT2D eigenvalue weighted by molar-refractivity contribution is 7.92. The molecular weight excluding hydrogens is 346 g/mol. The summed E-state index contributed by atoms with van der Waals surface area (Å²) >= 11 is 6.05. The van der Waals surface area contributed by atoms with Crippen molar-refractivity contribution < 1.29 is 13.2 Å². The number of benzene rings is 2. The third-order valence-electron chi connectivity index (χ3n) is 4.46. The van der Waals surface area contributed by atoms with Crippen LogP contribution in [0.3, 0.4) is 0 Å². The van der Waals surface area contributed by atoms with Crippen LogP contribution in [0.4, 0.5) is 0 Å². The maximum Gasteiger partial charge on any atom is 0.183 e. The molecule has 0 amide bonds. The lowest BCUT2D eigenvalue weighted by atomic mass is 10.0. The highest BCUT2D eigenvalue weighted by atomic mass is 35.5. The minimum absolute atomic E-state index is 0.0530. The summed E-state index contributed by atoms with van der Waals surface area (Å²) in [5.74, 6) is -0.466. The van der Waals surface area contributed by atoms with Gasteiger partial charge in [-0.05, 0) is 29.8 Å². The summed E-state index contributed by atoms with van der Waals surface area (Å²) in [5, 5.41) is 9.40. The van der Waals surface area contributed by atoms with Gasteiger partial charge in [-0.3, -0.25) is 0 Å². The summed E-state index contributed by atoms with van der Waals surface area (Å²) in [4.78, 5) is 0.218. The van der Waals surface area contributed by atoms with Crippen molar-refractivity contribution in [2.24, 2.45) is 5.41 Å². The van der Waals surface area contributed by atoms with E-state index in [1.807, 2.05) is 0 Å². The number of ether oxygens (including phenoxy) is 1. The molecule has 0 heterocycles. The molecule has 2 aromatic carbocycles. The van der Waals surface area contributed by atoms with Crippen LogP contribution in [0, 0.1) is 16.7 Å². The first-order valence-corrected chi connectivity index (χ1v) is 9.34. The average molecular weight is 362 g/mol. The highest BCUT2D eigenvalue weighted by Gasteiger charge is 2.72. The van der Waals surface area contributed by atoms with Gasteiger partial charge < -0.3 is 4.74 Å². The fourth-order valence-corrected chi connectivity index (χ4v) is 5.90. The number of hydrogen-bond donors (Lipinski definition) is 0. The zero-order chi connectivity index (χ0) is 17.4. The van der Waals surface area contributed by atoms with Crippen LogP contribution >= 0.6 is 11.6 Å². The van der Waals surface area contributed by atoms with Crippen molar-refractivity contribution in [1.29, 1.82) is 5.26 Å². The van der Waals surface area contributed by atoms with Gasteiger partial charge >= 0.3 is 0 Å². The van der Waals surface area contributed by atoms with Crippen LogP contribution in [0.25, 0.3) is 0 Å². The van der Waals surface area contributed by atoms with Crippen LogP contribution < -0.4 is 0 Å². The van der Waals surface area contributed by atoms with Crippen LogP contribution in [-0.2, 0) is 14.6 Å². The Morgan fingerprint density at radius 1 is 1.21 bits per heavy atom. The molecular formula is C18H16ClNO3S. The average Bonchev–Trinajstić information content (AvgIpc) is 3.26. The largest absolute Gasteiger partial charge is 0.383 e. The molecule has 0 spiro atoms. The molecule has 0 N–H and O–H groups in total. The van der Waals surface area contributed by atoms with Gasteiger partial charge in [0.1, 0.15) is 5.41 Å². The molecule has 124 valence electrons. The second-order valence-electron chi connectivity index (χ2n) is 5.90. The number of hydrogen-bond acceptors (Lipinski definition) is 4. The molecule has 6 heteroatoms. The van der Waals surface area contributed by atoms with Gasteiger partial charge in [0.15, 0.2) is 9.84 Å². The van der Waals surface area contributed by atoms with Gasteiger partial charge in [-0.15, -0.1) is 0 Å². The highest BCUT2D eigenvalue weighted by Crippen LogP contribution is 2.64. The summed E-state index contributed by atoms with van der Waals surface area (Å²) < 4.78 is 31.3. The van der Waals surface area contributed by atoms with Crippen molar-refractivity contribution in [2.45, 2.75) is 16.1 Å². The predicted molar refractivity (Wildman–Crippen MR) is 91.5 cm³/mol. The van der Waals surface area contributed by atoms with Crippen LogP contribution in [0.5, 0.6) is 0 Å². The summed E-state index contributed by atoms with van der Waals surface area (Å²) in [6, 6.07) is 17.4. The number of halogens is 1. The van der Waals surface area contributed by atoms with E-state index < -0.39 is 26.4 Å². The first kappa shape index (κ1) is 17.0. The number of nitriles is 1. The van der Waals surface area contributed by atoms with Crippen molar-refractivity contribution in [1.82, 2.24) is 0 Å². The van der Waals surface area contributed by atoms with Gasteiger partial charge in [0, 0.05) is 18.1 Å². The molecule has 3 atom stereocenters. The standard InChI is InChI=1S/C18H16ClNO3S/c1-23-12-18(11-20)16(13-6-5-7-14(19)10-13)17(18)24(21,22)15-8-3-2-4-9-15/h2-10,16-17H,12H2,1H3/t16-,17+,18+/m1/s1. The summed E-state index contributed by atoms with van der Waals surface area (Å²) in [6.07, 6.45) is 0. The molecule has 0 aromatic heterocycles. The predicted octanol–water partition coefficient (Wildman–Crippen LogP) is 3.44. The molecule has 3 rings (SSSR count). The van der Waals surface area contributed by atoms with Crippen molar-refractivity contribution in [2.75, 3.05) is 13.7 Å². The fraction of sp³-hybridized carbons (Fsp3) is 0.278. The van der Waals surface area contributed by atoms with Gasteiger partial charge in [-0.25, -0.2) is 8.42 Å². The molecule has 24 heavy (non-hydrogen) atoms. The number of rotatable bonds is 5. The van der Waals surface area contributed by atoms with Crippen molar-refractivity contribution in [3.8, 4) is 6.07 Å². The van der Waals surface area contributed by atoms with Gasteiger partial charge in [-0.2, -0.15) is 5.26 Å². The normalized spacial score (nSPS) is 25.9. The molecule has 0 saturated heterocycles.